The highest BCUT2D eigenvalue weighted by atomic mass is 35.5. The molecule has 0 saturated carbocycles. The number of nitrogens with one attached hydrogen (secondary N) is 1. The second kappa shape index (κ2) is 11.5. The summed E-state index contributed by atoms with van der Waals surface area (Å²) >= 11 is 7.44. The smallest absolute Gasteiger partial charge is 0.419 e. The Kier molecular flexibility index (Phi) is 7.96. The van der Waals surface area contributed by atoms with Gasteiger partial charge in [-0.05, 0) is 23.8 Å². The minimum Gasteiger partial charge on any atom is -0.469 e. The molecule has 2 aromatic carbocycles. The molecule has 2 atom stereocenters. The standard InChI is InChI=1S/C28H21ClF4N4O3S/c1-40-26(39)19-13-37(12-18(19)15-6-3-2-4-7-15)24-21(29)10-16(11-34-24)25(38)36-27-35-22(14-41-27)17-8-5-9-20(23(17)30)28(31,32)33/h2-11,14,18-19H,12-13H2,1H3,(H,35,36,38)/t18-,19+/m0/s1. The lowest BCUT2D eigenvalue weighted by atomic mass is 9.89. The quantitative estimate of drug-likeness (QED) is 0.196. The zero-order valence-corrected chi connectivity index (χ0v) is 22.9. The molecule has 0 spiro atoms. The van der Waals surface area contributed by atoms with Gasteiger partial charge in [0.2, 0.25) is 0 Å². The van der Waals surface area contributed by atoms with Crippen molar-refractivity contribution in [1.82, 2.24) is 9.97 Å². The van der Waals surface area contributed by atoms with Crippen LogP contribution in [-0.4, -0.2) is 42.0 Å². The fourth-order valence-corrected chi connectivity index (χ4v) is 5.76. The monoisotopic (exact) mass is 604 g/mol. The summed E-state index contributed by atoms with van der Waals surface area (Å²) in [5, 5.41) is 4.11. The SMILES string of the molecule is COC(=O)[C@@H]1CN(c2ncc(C(=O)Nc3nc(-c4cccc(C(F)(F)F)c4F)cs3)cc2Cl)C[C@H]1c1ccccc1. The Labute approximate surface area is 240 Å². The summed E-state index contributed by atoms with van der Waals surface area (Å²) in [7, 11) is 1.34. The van der Waals surface area contributed by atoms with E-state index in [9.17, 15) is 27.2 Å². The molecule has 0 aliphatic carbocycles. The molecule has 3 heterocycles. The van der Waals surface area contributed by atoms with E-state index in [1.807, 2.05) is 35.2 Å². The third-order valence-corrected chi connectivity index (χ3v) is 7.78. The van der Waals surface area contributed by atoms with E-state index in [1.54, 1.807) is 0 Å². The number of carbonyl (C=O) groups is 2. The Balaban J connectivity index is 1.32. The molecule has 1 N–H and O–H groups in total. The second-order valence-electron chi connectivity index (χ2n) is 9.24. The number of benzene rings is 2. The fourth-order valence-electron chi connectivity index (χ4n) is 4.77. The van der Waals surface area contributed by atoms with Crippen molar-refractivity contribution in [3.05, 3.63) is 93.7 Å². The summed E-state index contributed by atoms with van der Waals surface area (Å²) in [5.41, 5.74) is -0.715. The van der Waals surface area contributed by atoms with Gasteiger partial charge in [0.1, 0.15) is 11.6 Å². The van der Waals surface area contributed by atoms with Crippen LogP contribution in [0.25, 0.3) is 11.3 Å². The summed E-state index contributed by atoms with van der Waals surface area (Å²) in [6.07, 6.45) is -3.54. The van der Waals surface area contributed by atoms with Gasteiger partial charge in [0.15, 0.2) is 5.13 Å². The zero-order chi connectivity index (χ0) is 29.3. The third kappa shape index (κ3) is 5.89. The molecule has 7 nitrogen and oxygen atoms in total. The van der Waals surface area contributed by atoms with Crippen molar-refractivity contribution in [3.63, 3.8) is 0 Å². The number of carbonyl (C=O) groups excluding carboxylic acids is 2. The number of ether oxygens (including phenoxy) is 1. The van der Waals surface area contributed by atoms with Gasteiger partial charge in [0.05, 0.1) is 34.9 Å². The highest BCUT2D eigenvalue weighted by molar-refractivity contribution is 7.14. The van der Waals surface area contributed by atoms with Gasteiger partial charge in [0, 0.05) is 36.1 Å². The number of alkyl halides is 3. The molecule has 0 bridgehead atoms. The molecule has 5 rings (SSSR count). The van der Waals surface area contributed by atoms with E-state index in [-0.39, 0.29) is 38.9 Å². The van der Waals surface area contributed by atoms with E-state index in [0.29, 0.717) is 25.0 Å². The first-order chi connectivity index (χ1) is 19.6. The Bertz CT molecular complexity index is 1600. The average molecular weight is 605 g/mol. The highest BCUT2D eigenvalue weighted by Crippen LogP contribution is 2.39. The van der Waals surface area contributed by atoms with Gasteiger partial charge < -0.3 is 9.64 Å². The largest absolute Gasteiger partial charge is 0.469 e. The van der Waals surface area contributed by atoms with Gasteiger partial charge in [-0.1, -0.05) is 48.0 Å². The van der Waals surface area contributed by atoms with E-state index >= 15 is 0 Å². The van der Waals surface area contributed by atoms with Crippen LogP contribution in [0.4, 0.5) is 28.5 Å². The fraction of sp³-hybridized carbons (Fsp3) is 0.214. The first-order valence-electron chi connectivity index (χ1n) is 12.2. The van der Waals surface area contributed by atoms with Crippen LogP contribution in [0.15, 0.2) is 66.2 Å². The third-order valence-electron chi connectivity index (χ3n) is 6.74. The van der Waals surface area contributed by atoms with Crippen molar-refractivity contribution in [3.8, 4) is 11.3 Å². The van der Waals surface area contributed by atoms with Crippen LogP contribution in [0, 0.1) is 11.7 Å². The number of halogens is 5. The minimum atomic E-state index is -4.86. The number of anilines is 2. The molecule has 1 aliphatic heterocycles. The Morgan fingerprint density at radius 1 is 1.12 bits per heavy atom. The van der Waals surface area contributed by atoms with Gasteiger partial charge in [-0.25, -0.2) is 14.4 Å². The lowest BCUT2D eigenvalue weighted by Crippen LogP contribution is -2.25. The minimum absolute atomic E-state index is 0.0492. The molecule has 1 aliphatic rings. The van der Waals surface area contributed by atoms with E-state index in [4.69, 9.17) is 16.3 Å². The summed E-state index contributed by atoms with van der Waals surface area (Å²) in [6, 6.07) is 13.9. The lowest BCUT2D eigenvalue weighted by Gasteiger charge is -2.19. The van der Waals surface area contributed by atoms with Gasteiger partial charge in [-0.2, -0.15) is 13.2 Å². The van der Waals surface area contributed by atoms with Crippen LogP contribution in [0.5, 0.6) is 0 Å². The van der Waals surface area contributed by atoms with Crippen molar-refractivity contribution in [2.45, 2.75) is 12.1 Å². The number of rotatable bonds is 6. The maximum Gasteiger partial charge on any atom is 0.419 e. The number of hydrogen-bond acceptors (Lipinski definition) is 7. The Hall–Kier alpha value is -4.03. The molecule has 13 heteroatoms. The predicted molar refractivity (Wildman–Crippen MR) is 147 cm³/mol. The number of amides is 1. The van der Waals surface area contributed by atoms with Crippen molar-refractivity contribution < 1.29 is 31.9 Å². The van der Waals surface area contributed by atoms with Crippen molar-refractivity contribution in [2.24, 2.45) is 5.92 Å². The van der Waals surface area contributed by atoms with Crippen molar-refractivity contribution >= 4 is 45.8 Å². The predicted octanol–water partition coefficient (Wildman–Crippen LogP) is 6.66. The number of nitrogens with zero attached hydrogens (tertiary/aromatic N) is 3. The normalized spacial score (nSPS) is 17.0. The molecular formula is C28H21ClF4N4O3S. The summed E-state index contributed by atoms with van der Waals surface area (Å²) in [4.78, 5) is 35.7. The number of aromatic nitrogens is 2. The second-order valence-corrected chi connectivity index (χ2v) is 10.5. The Morgan fingerprint density at radius 2 is 1.88 bits per heavy atom. The lowest BCUT2D eigenvalue weighted by molar-refractivity contribution is -0.145. The van der Waals surface area contributed by atoms with E-state index in [1.165, 1.54) is 30.8 Å². The molecule has 0 unspecified atom stereocenters. The molecule has 212 valence electrons. The first-order valence-corrected chi connectivity index (χ1v) is 13.5. The summed E-state index contributed by atoms with van der Waals surface area (Å²) < 4.78 is 58.8. The van der Waals surface area contributed by atoms with Gasteiger partial charge in [-0.15, -0.1) is 11.3 Å². The van der Waals surface area contributed by atoms with Gasteiger partial charge in [0.25, 0.3) is 5.91 Å². The number of methoxy groups -OCH3 is 1. The zero-order valence-electron chi connectivity index (χ0n) is 21.3. The topological polar surface area (TPSA) is 84.4 Å². The van der Waals surface area contributed by atoms with Crippen LogP contribution < -0.4 is 10.2 Å². The molecule has 1 amide bonds. The van der Waals surface area contributed by atoms with E-state index in [2.05, 4.69) is 15.3 Å². The maximum absolute atomic E-state index is 14.5. The summed E-state index contributed by atoms with van der Waals surface area (Å²) in [5.74, 6) is -2.60. The Morgan fingerprint density at radius 3 is 2.56 bits per heavy atom. The molecule has 4 aromatic rings. The van der Waals surface area contributed by atoms with Crippen LogP contribution in [-0.2, 0) is 15.7 Å². The molecule has 41 heavy (non-hydrogen) atoms. The van der Waals surface area contributed by atoms with Crippen molar-refractivity contribution in [2.75, 3.05) is 30.4 Å². The van der Waals surface area contributed by atoms with Crippen LogP contribution in [0.3, 0.4) is 0 Å². The summed E-state index contributed by atoms with van der Waals surface area (Å²) in [6.45, 7) is 0.772. The van der Waals surface area contributed by atoms with Crippen LogP contribution in [0.1, 0.15) is 27.4 Å². The average Bonchev–Trinajstić information content (AvgIpc) is 3.60. The van der Waals surface area contributed by atoms with Crippen LogP contribution in [0.2, 0.25) is 5.02 Å². The van der Waals surface area contributed by atoms with Crippen LogP contribution >= 0.6 is 22.9 Å². The van der Waals surface area contributed by atoms with Gasteiger partial charge >= 0.3 is 12.1 Å². The molecule has 1 saturated heterocycles. The number of thiazole rings is 1. The number of esters is 1. The highest BCUT2D eigenvalue weighted by Gasteiger charge is 2.40. The van der Waals surface area contributed by atoms with Crippen molar-refractivity contribution in [1.29, 1.82) is 0 Å². The van der Waals surface area contributed by atoms with E-state index in [0.717, 1.165) is 23.0 Å². The molecule has 2 aromatic heterocycles. The maximum atomic E-state index is 14.5. The van der Waals surface area contributed by atoms with Gasteiger partial charge in [-0.3, -0.25) is 14.9 Å². The molecule has 0 radical (unpaired) electrons. The number of hydrogen-bond donors (Lipinski definition) is 1. The molecule has 1 fully saturated rings. The van der Waals surface area contributed by atoms with E-state index < -0.39 is 29.4 Å². The molecular weight excluding hydrogens is 584 g/mol. The first kappa shape index (κ1) is 28.5. The number of pyridine rings is 1.